The molecule has 1 amide bonds. The van der Waals surface area contributed by atoms with Gasteiger partial charge in [0.15, 0.2) is 0 Å². The fraction of sp³-hybridized carbons (Fsp3) is 0.286. The lowest BCUT2D eigenvalue weighted by Crippen LogP contribution is -2.43. The van der Waals surface area contributed by atoms with Gasteiger partial charge in [0.25, 0.3) is 0 Å². The molecule has 2 unspecified atom stereocenters. The van der Waals surface area contributed by atoms with Gasteiger partial charge in [-0.3, -0.25) is 9.88 Å². The van der Waals surface area contributed by atoms with Gasteiger partial charge in [-0.15, -0.1) is 0 Å². The number of carbonyl (C=O) groups excluding carboxylic acids is 1. The first-order chi connectivity index (χ1) is 16.1. The number of aryl methyl sites for hydroxylation is 1. The summed E-state index contributed by atoms with van der Waals surface area (Å²) in [5.41, 5.74) is 6.94. The van der Waals surface area contributed by atoms with E-state index in [1.54, 1.807) is 6.07 Å². The third-order valence-electron chi connectivity index (χ3n) is 7.23. The van der Waals surface area contributed by atoms with Crippen molar-refractivity contribution in [2.45, 2.75) is 44.2 Å². The van der Waals surface area contributed by atoms with Crippen LogP contribution in [0.2, 0.25) is 0 Å². The fourth-order valence-electron chi connectivity index (χ4n) is 5.72. The summed E-state index contributed by atoms with van der Waals surface area (Å²) < 4.78 is 20.3. The van der Waals surface area contributed by atoms with Crippen LogP contribution in [0.4, 0.5) is 9.18 Å². The Balaban J connectivity index is 1.21. The summed E-state index contributed by atoms with van der Waals surface area (Å²) in [6.07, 6.45) is 4.09. The van der Waals surface area contributed by atoms with Gasteiger partial charge in [-0.2, -0.15) is 0 Å². The smallest absolute Gasteiger partial charge is 0.410 e. The molecular formula is C28H25FN2O2. The molecule has 3 aromatic rings. The van der Waals surface area contributed by atoms with Gasteiger partial charge in [-0.1, -0.05) is 54.6 Å². The molecule has 0 saturated carbocycles. The van der Waals surface area contributed by atoms with Crippen LogP contribution in [0, 0.1) is 12.7 Å². The normalized spacial score (nSPS) is 20.9. The van der Waals surface area contributed by atoms with Crippen LogP contribution in [0.1, 0.15) is 47.7 Å². The van der Waals surface area contributed by atoms with Crippen molar-refractivity contribution in [3.8, 4) is 11.1 Å². The molecule has 1 saturated heterocycles. The van der Waals surface area contributed by atoms with Crippen LogP contribution in [0.5, 0.6) is 0 Å². The number of ether oxygens (including phenoxy) is 1. The first kappa shape index (κ1) is 20.2. The second-order valence-electron chi connectivity index (χ2n) is 9.19. The summed E-state index contributed by atoms with van der Waals surface area (Å²) in [6.45, 7) is 2.18. The summed E-state index contributed by atoms with van der Waals surface area (Å²) >= 11 is 0. The Hall–Kier alpha value is -3.47. The number of benzene rings is 2. The number of fused-ring (bicyclic) bond motifs is 5. The molecule has 33 heavy (non-hydrogen) atoms. The number of aromatic nitrogens is 1. The molecule has 2 aromatic carbocycles. The number of hydrogen-bond acceptors (Lipinski definition) is 3. The highest BCUT2D eigenvalue weighted by Crippen LogP contribution is 2.45. The number of rotatable bonds is 3. The van der Waals surface area contributed by atoms with E-state index in [1.165, 1.54) is 28.3 Å². The zero-order valence-electron chi connectivity index (χ0n) is 18.5. The Morgan fingerprint density at radius 2 is 1.73 bits per heavy atom. The SMILES string of the molecule is Cc1ccc(F)c(C2=CC3CCC(C2)N3C(=O)OCC2c3ccccc3-c3ccccc32)n1. The van der Waals surface area contributed by atoms with Crippen LogP contribution in [-0.4, -0.2) is 34.7 Å². The van der Waals surface area contributed by atoms with E-state index in [1.807, 2.05) is 42.2 Å². The summed E-state index contributed by atoms with van der Waals surface area (Å²) in [7, 11) is 0. The zero-order valence-corrected chi connectivity index (χ0v) is 18.5. The molecule has 4 nitrogen and oxygen atoms in total. The highest BCUT2D eigenvalue weighted by atomic mass is 19.1. The van der Waals surface area contributed by atoms with E-state index in [0.29, 0.717) is 18.7 Å². The predicted octanol–water partition coefficient (Wildman–Crippen LogP) is 6.10. The highest BCUT2D eigenvalue weighted by Gasteiger charge is 2.42. The summed E-state index contributed by atoms with van der Waals surface area (Å²) in [4.78, 5) is 19.5. The van der Waals surface area contributed by atoms with E-state index in [-0.39, 0.29) is 29.9 Å². The van der Waals surface area contributed by atoms with E-state index < -0.39 is 0 Å². The Morgan fingerprint density at radius 3 is 2.42 bits per heavy atom. The maximum absolute atomic E-state index is 14.4. The average molecular weight is 441 g/mol. The summed E-state index contributed by atoms with van der Waals surface area (Å²) in [5.74, 6) is -0.263. The maximum Gasteiger partial charge on any atom is 0.410 e. The Morgan fingerprint density at radius 1 is 1.03 bits per heavy atom. The van der Waals surface area contributed by atoms with E-state index in [0.717, 1.165) is 24.1 Å². The number of nitrogens with zero attached hydrogens (tertiary/aromatic N) is 2. The molecule has 0 spiro atoms. The Bertz CT molecular complexity index is 1240. The average Bonchev–Trinajstić information content (AvgIpc) is 3.30. The number of pyridine rings is 1. The molecule has 2 bridgehead atoms. The van der Waals surface area contributed by atoms with E-state index in [4.69, 9.17) is 4.74 Å². The largest absolute Gasteiger partial charge is 0.448 e. The molecule has 0 N–H and O–H groups in total. The minimum atomic E-state index is -0.305. The van der Waals surface area contributed by atoms with E-state index >= 15 is 0 Å². The van der Waals surface area contributed by atoms with Gasteiger partial charge in [0.1, 0.15) is 18.1 Å². The van der Waals surface area contributed by atoms with Crippen LogP contribution < -0.4 is 0 Å². The third-order valence-corrected chi connectivity index (χ3v) is 7.23. The van der Waals surface area contributed by atoms with Crippen molar-refractivity contribution in [2.24, 2.45) is 0 Å². The monoisotopic (exact) mass is 440 g/mol. The van der Waals surface area contributed by atoms with E-state index in [9.17, 15) is 9.18 Å². The predicted molar refractivity (Wildman–Crippen MR) is 125 cm³/mol. The van der Waals surface area contributed by atoms with Crippen molar-refractivity contribution in [3.05, 3.63) is 95.1 Å². The molecule has 1 aromatic heterocycles. The molecule has 3 heterocycles. The van der Waals surface area contributed by atoms with Gasteiger partial charge in [-0.25, -0.2) is 9.18 Å². The molecule has 1 fully saturated rings. The molecule has 2 aliphatic heterocycles. The van der Waals surface area contributed by atoms with Gasteiger partial charge in [0.2, 0.25) is 0 Å². The lowest BCUT2D eigenvalue weighted by Gasteiger charge is -2.33. The molecule has 2 atom stereocenters. The second-order valence-corrected chi connectivity index (χ2v) is 9.19. The number of carbonyl (C=O) groups is 1. The lowest BCUT2D eigenvalue weighted by molar-refractivity contribution is 0.0866. The topological polar surface area (TPSA) is 42.4 Å². The van der Waals surface area contributed by atoms with Crippen molar-refractivity contribution < 1.29 is 13.9 Å². The summed E-state index contributed by atoms with van der Waals surface area (Å²) in [6, 6.07) is 19.8. The molecule has 1 aliphatic carbocycles. The number of amides is 1. The van der Waals surface area contributed by atoms with Crippen LogP contribution in [0.25, 0.3) is 16.7 Å². The standard InChI is InChI=1S/C28H25FN2O2/c1-17-10-13-26(29)27(30-17)18-14-19-11-12-20(15-18)31(19)28(32)33-16-25-23-8-4-2-6-21(23)22-7-3-5-9-24(22)25/h2-10,13-14,19-20,25H,11-12,15-16H2,1H3. The Labute approximate surface area is 192 Å². The van der Waals surface area contributed by atoms with Crippen molar-refractivity contribution in [3.63, 3.8) is 0 Å². The summed E-state index contributed by atoms with van der Waals surface area (Å²) in [5, 5.41) is 0. The van der Waals surface area contributed by atoms with Crippen LogP contribution >= 0.6 is 0 Å². The zero-order chi connectivity index (χ0) is 22.5. The Kier molecular flexibility index (Phi) is 4.79. The highest BCUT2D eigenvalue weighted by molar-refractivity contribution is 5.79. The minimum Gasteiger partial charge on any atom is -0.448 e. The maximum atomic E-state index is 14.4. The van der Waals surface area contributed by atoms with Crippen LogP contribution in [0.3, 0.4) is 0 Å². The second kappa shape index (κ2) is 7.84. The molecule has 6 rings (SSSR count). The van der Waals surface area contributed by atoms with Crippen LogP contribution in [0.15, 0.2) is 66.7 Å². The number of hydrogen-bond donors (Lipinski definition) is 0. The van der Waals surface area contributed by atoms with Gasteiger partial charge in [-0.05, 0) is 66.1 Å². The third kappa shape index (κ3) is 3.34. The fourth-order valence-corrected chi connectivity index (χ4v) is 5.72. The molecule has 166 valence electrons. The van der Waals surface area contributed by atoms with Crippen molar-refractivity contribution in [2.75, 3.05) is 6.61 Å². The first-order valence-corrected chi connectivity index (χ1v) is 11.6. The molecule has 0 radical (unpaired) electrons. The van der Waals surface area contributed by atoms with Crippen LogP contribution in [-0.2, 0) is 4.74 Å². The molecule has 3 aliphatic rings. The minimum absolute atomic E-state index is 0.0207. The molecule has 5 heteroatoms. The molecular weight excluding hydrogens is 415 g/mol. The van der Waals surface area contributed by atoms with Crippen molar-refractivity contribution in [1.82, 2.24) is 9.88 Å². The quantitative estimate of drug-likeness (QED) is 0.494. The van der Waals surface area contributed by atoms with Gasteiger partial charge < -0.3 is 4.74 Å². The van der Waals surface area contributed by atoms with Crippen molar-refractivity contribution >= 4 is 11.7 Å². The van der Waals surface area contributed by atoms with Gasteiger partial charge in [0.05, 0.1) is 6.04 Å². The van der Waals surface area contributed by atoms with Gasteiger partial charge in [0, 0.05) is 17.7 Å². The van der Waals surface area contributed by atoms with Gasteiger partial charge >= 0.3 is 6.09 Å². The first-order valence-electron chi connectivity index (χ1n) is 11.6. The van der Waals surface area contributed by atoms with Crippen molar-refractivity contribution in [1.29, 1.82) is 0 Å². The lowest BCUT2D eigenvalue weighted by atomic mass is 9.97. The van der Waals surface area contributed by atoms with E-state index in [2.05, 4.69) is 29.2 Å². The number of halogens is 1.